The fourth-order valence-electron chi connectivity index (χ4n) is 1.18. The van der Waals surface area contributed by atoms with E-state index in [0.29, 0.717) is 0 Å². The van der Waals surface area contributed by atoms with Crippen molar-refractivity contribution in [2.24, 2.45) is 5.92 Å². The largest absolute Gasteiger partial charge is 0.278 e. The number of hydrogen-bond acceptors (Lipinski definition) is 2. The Kier molecular flexibility index (Phi) is 3.66. The lowest BCUT2D eigenvalue weighted by atomic mass is 10.0. The quantitative estimate of drug-likeness (QED) is 0.631. The molecule has 0 spiro atoms. The lowest BCUT2D eigenvalue weighted by Gasteiger charge is -2.22. The molecule has 1 heterocycles. The van der Waals surface area contributed by atoms with Crippen molar-refractivity contribution in [3.05, 3.63) is 0 Å². The zero-order valence-electron chi connectivity index (χ0n) is 6.06. The van der Waals surface area contributed by atoms with Gasteiger partial charge in [0.25, 0.3) is 5.24 Å². The summed E-state index contributed by atoms with van der Waals surface area (Å²) in [4.78, 5) is 10.4. The summed E-state index contributed by atoms with van der Waals surface area (Å²) in [7, 11) is 0. The molecule has 0 aromatic heterocycles. The molecule has 0 radical (unpaired) electrons. The highest BCUT2D eigenvalue weighted by atomic mass is 35.5. The maximum atomic E-state index is 12.9. The van der Waals surface area contributed by atoms with Crippen LogP contribution in [0, 0.1) is 5.92 Å². The normalized spacial score (nSPS) is 28.0. The van der Waals surface area contributed by atoms with Crippen LogP contribution >= 0.6 is 23.4 Å². The zero-order chi connectivity index (χ0) is 8.27. The van der Waals surface area contributed by atoms with E-state index in [9.17, 15) is 9.18 Å². The summed E-state index contributed by atoms with van der Waals surface area (Å²) in [6.07, 6.45) is 0.358. The number of halogens is 2. The molecule has 0 amide bonds. The molecule has 64 valence electrons. The molecule has 2 unspecified atom stereocenters. The average molecular weight is 197 g/mol. The van der Waals surface area contributed by atoms with Crippen LogP contribution < -0.4 is 0 Å². The topological polar surface area (TPSA) is 17.1 Å². The van der Waals surface area contributed by atoms with Gasteiger partial charge in [-0.3, -0.25) is 4.79 Å². The van der Waals surface area contributed by atoms with Crippen LogP contribution in [0.25, 0.3) is 0 Å². The van der Waals surface area contributed by atoms with E-state index in [4.69, 9.17) is 11.6 Å². The highest BCUT2D eigenvalue weighted by Crippen LogP contribution is 2.27. The van der Waals surface area contributed by atoms with Crippen molar-refractivity contribution >= 4 is 28.6 Å². The van der Waals surface area contributed by atoms with Crippen molar-refractivity contribution in [2.75, 3.05) is 11.5 Å². The van der Waals surface area contributed by atoms with Crippen LogP contribution in [0.2, 0.25) is 0 Å². The number of hydrogen-bond donors (Lipinski definition) is 0. The van der Waals surface area contributed by atoms with Gasteiger partial charge in [-0.25, -0.2) is 4.39 Å². The van der Waals surface area contributed by atoms with Crippen molar-refractivity contribution in [3.63, 3.8) is 0 Å². The monoisotopic (exact) mass is 196 g/mol. The summed E-state index contributed by atoms with van der Waals surface area (Å²) >= 11 is 6.74. The molecule has 2 atom stereocenters. The number of rotatable bonds is 2. The Morgan fingerprint density at radius 1 is 1.73 bits per heavy atom. The first-order valence-corrected chi connectivity index (χ1v) is 5.16. The van der Waals surface area contributed by atoms with Gasteiger partial charge in [-0.2, -0.15) is 11.8 Å². The Morgan fingerprint density at radius 2 is 2.45 bits per heavy atom. The molecule has 11 heavy (non-hydrogen) atoms. The van der Waals surface area contributed by atoms with E-state index in [1.54, 1.807) is 11.8 Å². The highest BCUT2D eigenvalue weighted by Gasteiger charge is 2.28. The first-order chi connectivity index (χ1) is 5.22. The van der Waals surface area contributed by atoms with Gasteiger partial charge in [0.15, 0.2) is 6.17 Å². The first kappa shape index (κ1) is 9.33. The van der Waals surface area contributed by atoms with E-state index in [1.165, 1.54) is 0 Å². The Morgan fingerprint density at radius 3 is 2.91 bits per heavy atom. The van der Waals surface area contributed by atoms with Crippen LogP contribution in [0.1, 0.15) is 12.8 Å². The minimum absolute atomic E-state index is 0.140. The third-order valence-electron chi connectivity index (χ3n) is 1.83. The summed E-state index contributed by atoms with van der Waals surface area (Å²) in [6, 6.07) is 0. The predicted molar refractivity (Wildman–Crippen MR) is 45.8 cm³/mol. The summed E-state index contributed by atoms with van der Waals surface area (Å²) in [5.41, 5.74) is 0. The van der Waals surface area contributed by atoms with Gasteiger partial charge in [0.1, 0.15) is 0 Å². The molecule has 1 nitrogen and oxygen atoms in total. The standard InChI is InChI=1S/C7H10ClFOS/c8-7(10)6(9)5-2-1-3-11-4-5/h5-6H,1-4H2. The molecule has 4 heteroatoms. The Balaban J connectivity index is 2.38. The molecule has 0 bridgehead atoms. The smallest absolute Gasteiger partial charge is 0.256 e. The van der Waals surface area contributed by atoms with E-state index in [2.05, 4.69) is 0 Å². The minimum Gasteiger partial charge on any atom is -0.278 e. The van der Waals surface area contributed by atoms with Crippen molar-refractivity contribution in [1.29, 1.82) is 0 Å². The minimum atomic E-state index is -1.44. The first-order valence-electron chi connectivity index (χ1n) is 3.63. The molecule has 1 fully saturated rings. The fourth-order valence-corrected chi connectivity index (χ4v) is 2.54. The molecule has 0 aliphatic carbocycles. The molecule has 1 aliphatic heterocycles. The summed E-state index contributed by atoms with van der Waals surface area (Å²) in [6.45, 7) is 0. The van der Waals surface area contributed by atoms with Crippen LogP contribution in [0.3, 0.4) is 0 Å². The third-order valence-corrected chi connectivity index (χ3v) is 3.28. The average Bonchev–Trinajstić information content (AvgIpc) is 2.05. The fraction of sp³-hybridized carbons (Fsp3) is 0.857. The van der Waals surface area contributed by atoms with E-state index < -0.39 is 11.4 Å². The molecule has 1 aliphatic rings. The molecule has 0 aromatic carbocycles. The van der Waals surface area contributed by atoms with Gasteiger partial charge in [0.05, 0.1) is 0 Å². The molecule has 0 aromatic rings. The Labute approximate surface area is 74.7 Å². The molecule has 0 N–H and O–H groups in total. The van der Waals surface area contributed by atoms with Crippen LogP contribution in [0.15, 0.2) is 0 Å². The summed E-state index contributed by atoms with van der Waals surface area (Å²) in [5.74, 6) is 1.68. The van der Waals surface area contributed by atoms with Crippen molar-refractivity contribution in [3.8, 4) is 0 Å². The number of carbonyl (C=O) groups is 1. The van der Waals surface area contributed by atoms with Gasteiger partial charge >= 0.3 is 0 Å². The van der Waals surface area contributed by atoms with Gasteiger partial charge in [-0.05, 0) is 35.9 Å². The second kappa shape index (κ2) is 4.31. The van der Waals surface area contributed by atoms with Gasteiger partial charge in [-0.1, -0.05) is 0 Å². The summed E-state index contributed by atoms with van der Waals surface area (Å²) in [5, 5.41) is -0.836. The van der Waals surface area contributed by atoms with Gasteiger partial charge in [0, 0.05) is 5.92 Å². The molecular formula is C7H10ClFOS. The lowest BCUT2D eigenvalue weighted by Crippen LogP contribution is -2.26. The van der Waals surface area contributed by atoms with E-state index in [-0.39, 0.29) is 5.92 Å². The van der Waals surface area contributed by atoms with E-state index >= 15 is 0 Å². The van der Waals surface area contributed by atoms with Crippen LogP contribution in [-0.2, 0) is 4.79 Å². The predicted octanol–water partition coefficient (Wildman–Crippen LogP) is 2.23. The van der Waals surface area contributed by atoms with Gasteiger partial charge in [-0.15, -0.1) is 0 Å². The molecule has 1 saturated heterocycles. The van der Waals surface area contributed by atoms with Crippen LogP contribution in [-0.4, -0.2) is 22.9 Å². The second-order valence-electron chi connectivity index (χ2n) is 2.68. The molecule has 0 saturated carbocycles. The molecular weight excluding hydrogens is 187 g/mol. The van der Waals surface area contributed by atoms with E-state index in [1.807, 2.05) is 0 Å². The zero-order valence-corrected chi connectivity index (χ0v) is 7.63. The number of carbonyl (C=O) groups excluding carboxylic acids is 1. The number of thioether (sulfide) groups is 1. The number of alkyl halides is 1. The van der Waals surface area contributed by atoms with E-state index in [0.717, 1.165) is 24.3 Å². The summed E-state index contributed by atoms with van der Waals surface area (Å²) < 4.78 is 12.9. The maximum Gasteiger partial charge on any atom is 0.256 e. The third kappa shape index (κ3) is 2.64. The van der Waals surface area contributed by atoms with Crippen LogP contribution in [0.4, 0.5) is 4.39 Å². The highest BCUT2D eigenvalue weighted by molar-refractivity contribution is 7.99. The maximum absolute atomic E-state index is 12.9. The second-order valence-corrected chi connectivity index (χ2v) is 4.21. The Hall–Kier alpha value is 0.240. The van der Waals surface area contributed by atoms with Crippen LogP contribution in [0.5, 0.6) is 0 Å². The SMILES string of the molecule is O=C(Cl)C(F)C1CCCSC1. The van der Waals surface area contributed by atoms with Gasteiger partial charge in [0.2, 0.25) is 0 Å². The molecule has 1 rings (SSSR count). The Bertz CT molecular complexity index is 147. The van der Waals surface area contributed by atoms with Gasteiger partial charge < -0.3 is 0 Å². The van der Waals surface area contributed by atoms with Crippen molar-refractivity contribution in [1.82, 2.24) is 0 Å². The lowest BCUT2D eigenvalue weighted by molar-refractivity contribution is -0.117. The van der Waals surface area contributed by atoms with Crippen molar-refractivity contribution in [2.45, 2.75) is 19.0 Å². The van der Waals surface area contributed by atoms with Crippen molar-refractivity contribution < 1.29 is 9.18 Å².